The average molecular weight is 161 g/mol. The molecule has 0 heterocycles. The molecular weight excluding hydrogens is 144 g/mol. The van der Waals surface area contributed by atoms with Gasteiger partial charge in [-0.3, -0.25) is 0 Å². The smallest absolute Gasteiger partial charge is 0.143 e. The Hall–Kier alpha value is 0.310. The summed E-state index contributed by atoms with van der Waals surface area (Å²) in [5, 5.41) is 10.2. The predicted molar refractivity (Wildman–Crippen MR) is 47.5 cm³/mol. The van der Waals surface area contributed by atoms with Crippen LogP contribution < -0.4 is 0 Å². The zero-order valence-electron chi connectivity index (χ0n) is 6.84. The molecule has 0 aromatic heterocycles. The van der Waals surface area contributed by atoms with Crippen molar-refractivity contribution in [2.75, 3.05) is 12.5 Å². The number of hydrogen-bond acceptors (Lipinski definition) is 1. The minimum Gasteiger partial charge on any atom is -0.388 e. The Bertz CT molecular complexity index is 103. The normalized spacial score (nSPS) is 34.8. The van der Waals surface area contributed by atoms with Gasteiger partial charge in [-0.05, 0) is 30.2 Å². The lowest BCUT2D eigenvalue weighted by atomic mass is 9.97. The second kappa shape index (κ2) is 3.63. The lowest BCUT2D eigenvalue weighted by Gasteiger charge is -2.24. The summed E-state index contributed by atoms with van der Waals surface area (Å²) >= 11 is 0. The Labute approximate surface area is 66.2 Å². The van der Waals surface area contributed by atoms with Crippen molar-refractivity contribution in [3.8, 4) is 0 Å². The van der Waals surface area contributed by atoms with Gasteiger partial charge in [-0.1, -0.05) is 6.42 Å². The molecule has 1 rings (SSSR count). The molecule has 2 unspecified atom stereocenters. The van der Waals surface area contributed by atoms with Crippen LogP contribution in [0.2, 0.25) is 0 Å². The first-order chi connectivity index (χ1) is 4.72. The highest BCUT2D eigenvalue weighted by molar-refractivity contribution is 7.96. The Morgan fingerprint density at radius 1 is 1.20 bits per heavy atom. The minimum absolute atomic E-state index is 0.00656. The Balaban J connectivity index is 2.40. The van der Waals surface area contributed by atoms with E-state index in [-0.39, 0.29) is 6.10 Å². The monoisotopic (exact) mass is 161 g/mol. The van der Waals surface area contributed by atoms with Crippen LogP contribution in [0.1, 0.15) is 25.7 Å². The van der Waals surface area contributed by atoms with E-state index >= 15 is 0 Å². The van der Waals surface area contributed by atoms with Crippen LogP contribution in [0.5, 0.6) is 0 Å². The zero-order valence-corrected chi connectivity index (χ0v) is 7.66. The van der Waals surface area contributed by atoms with E-state index < -0.39 is 0 Å². The fourth-order valence-electron chi connectivity index (χ4n) is 1.63. The van der Waals surface area contributed by atoms with Crippen LogP contribution >= 0.6 is 0 Å². The van der Waals surface area contributed by atoms with Gasteiger partial charge in [-0.25, -0.2) is 0 Å². The maximum Gasteiger partial charge on any atom is 0.143 e. The number of hydrogen-bond donors (Lipinski definition) is 1. The van der Waals surface area contributed by atoms with Crippen molar-refractivity contribution in [2.45, 2.75) is 37.0 Å². The molecule has 2 atom stereocenters. The van der Waals surface area contributed by atoms with E-state index in [2.05, 4.69) is 12.5 Å². The van der Waals surface area contributed by atoms with Gasteiger partial charge >= 0.3 is 0 Å². The van der Waals surface area contributed by atoms with E-state index in [9.17, 15) is 5.11 Å². The topological polar surface area (TPSA) is 20.2 Å². The highest BCUT2D eigenvalue weighted by Crippen LogP contribution is 2.23. The molecule has 1 nitrogen and oxygen atoms in total. The second-order valence-electron chi connectivity index (χ2n) is 3.27. The lowest BCUT2D eigenvalue weighted by molar-refractivity contribution is 0.136. The Morgan fingerprint density at radius 3 is 2.20 bits per heavy atom. The third-order valence-corrected chi connectivity index (χ3v) is 4.03. The quantitative estimate of drug-likeness (QED) is 0.572. The fraction of sp³-hybridized carbons (Fsp3) is 1.00. The van der Waals surface area contributed by atoms with Gasteiger partial charge in [0.1, 0.15) is 11.4 Å². The van der Waals surface area contributed by atoms with E-state index in [4.69, 9.17) is 0 Å². The van der Waals surface area contributed by atoms with E-state index in [1.165, 1.54) is 19.3 Å². The van der Waals surface area contributed by atoms with E-state index in [1.54, 1.807) is 0 Å². The molecule has 2 heteroatoms. The molecule has 1 N–H and O–H groups in total. The summed E-state index contributed by atoms with van der Waals surface area (Å²) in [6.07, 6.45) is 9.32. The number of aliphatic hydroxyl groups excluding tert-OH is 1. The van der Waals surface area contributed by atoms with Crippen molar-refractivity contribution >= 4 is 10.9 Å². The summed E-state index contributed by atoms with van der Waals surface area (Å²) in [6, 6.07) is 0. The summed E-state index contributed by atoms with van der Waals surface area (Å²) in [5.74, 6) is 0. The molecular formula is C8H17OS+. The van der Waals surface area contributed by atoms with Crippen LogP contribution in [0.15, 0.2) is 0 Å². The molecule has 0 saturated heterocycles. The highest BCUT2D eigenvalue weighted by Gasteiger charge is 2.31. The van der Waals surface area contributed by atoms with Crippen molar-refractivity contribution in [3.05, 3.63) is 0 Å². The maximum absolute atomic E-state index is 9.55. The molecule has 0 aliphatic heterocycles. The van der Waals surface area contributed by atoms with Crippen molar-refractivity contribution in [3.63, 3.8) is 0 Å². The van der Waals surface area contributed by atoms with Crippen molar-refractivity contribution in [1.29, 1.82) is 0 Å². The van der Waals surface area contributed by atoms with Crippen molar-refractivity contribution in [2.24, 2.45) is 0 Å². The molecule has 10 heavy (non-hydrogen) atoms. The van der Waals surface area contributed by atoms with Crippen LogP contribution in [0.4, 0.5) is 0 Å². The summed E-state index contributed by atoms with van der Waals surface area (Å²) < 4.78 is 0. The van der Waals surface area contributed by atoms with Gasteiger partial charge in [0.05, 0.1) is 12.5 Å². The molecule has 0 amide bonds. The summed E-state index contributed by atoms with van der Waals surface area (Å²) in [5.41, 5.74) is 0. The standard InChI is InChI=1S/C8H17OS/c1-10(2)8-6-4-3-5-7(8)9/h7-9H,3-6H2,1-2H3/q+1. The third-order valence-electron chi connectivity index (χ3n) is 2.27. The van der Waals surface area contributed by atoms with Crippen LogP contribution in [-0.2, 0) is 10.9 Å². The number of aliphatic hydroxyl groups is 1. The van der Waals surface area contributed by atoms with Crippen LogP contribution in [-0.4, -0.2) is 29.0 Å². The largest absolute Gasteiger partial charge is 0.388 e. The van der Waals surface area contributed by atoms with Crippen molar-refractivity contribution in [1.82, 2.24) is 0 Å². The molecule has 1 saturated carbocycles. The first-order valence-corrected chi connectivity index (χ1v) is 6.06. The van der Waals surface area contributed by atoms with Crippen LogP contribution in [0, 0.1) is 0 Å². The first kappa shape index (κ1) is 8.41. The summed E-state index contributed by atoms with van der Waals surface area (Å²) in [7, 11) is 0.418. The van der Waals surface area contributed by atoms with Gasteiger partial charge in [0.15, 0.2) is 0 Å². The minimum atomic E-state index is 0.00656. The molecule has 0 aromatic rings. The molecule has 0 aromatic carbocycles. The first-order valence-electron chi connectivity index (χ1n) is 3.96. The van der Waals surface area contributed by atoms with E-state index in [0.717, 1.165) is 6.42 Å². The summed E-state index contributed by atoms with van der Waals surface area (Å²) in [6.45, 7) is 0. The van der Waals surface area contributed by atoms with Gasteiger partial charge in [-0.2, -0.15) is 0 Å². The SMILES string of the molecule is C[S+](C)C1CCCCC1O. The molecule has 0 bridgehead atoms. The molecule has 60 valence electrons. The van der Waals surface area contributed by atoms with E-state index in [0.29, 0.717) is 16.1 Å². The van der Waals surface area contributed by atoms with E-state index in [1.807, 2.05) is 0 Å². The molecule has 1 aliphatic rings. The highest BCUT2D eigenvalue weighted by atomic mass is 32.2. The number of rotatable bonds is 1. The fourth-order valence-corrected chi connectivity index (χ4v) is 3.03. The zero-order chi connectivity index (χ0) is 7.56. The Kier molecular flexibility index (Phi) is 3.05. The molecule has 1 aliphatic carbocycles. The molecule has 0 spiro atoms. The van der Waals surface area contributed by atoms with Gasteiger partial charge in [0.25, 0.3) is 0 Å². The van der Waals surface area contributed by atoms with Crippen LogP contribution in [0.25, 0.3) is 0 Å². The van der Waals surface area contributed by atoms with Gasteiger partial charge in [-0.15, -0.1) is 0 Å². The second-order valence-corrected chi connectivity index (χ2v) is 5.63. The van der Waals surface area contributed by atoms with Gasteiger partial charge in [0, 0.05) is 0 Å². The van der Waals surface area contributed by atoms with Crippen LogP contribution in [0.3, 0.4) is 0 Å². The van der Waals surface area contributed by atoms with Gasteiger partial charge in [0.2, 0.25) is 0 Å². The average Bonchev–Trinajstić information content (AvgIpc) is 1.88. The third kappa shape index (κ3) is 1.89. The molecule has 0 radical (unpaired) electrons. The lowest BCUT2D eigenvalue weighted by Crippen LogP contribution is -2.35. The maximum atomic E-state index is 9.55. The predicted octanol–water partition coefficient (Wildman–Crippen LogP) is 1.17. The van der Waals surface area contributed by atoms with Crippen molar-refractivity contribution < 1.29 is 5.11 Å². The molecule has 1 fully saturated rings. The Morgan fingerprint density at radius 2 is 1.80 bits per heavy atom. The van der Waals surface area contributed by atoms with Gasteiger partial charge < -0.3 is 5.11 Å². The summed E-state index contributed by atoms with van der Waals surface area (Å²) in [4.78, 5) is 0.